The van der Waals surface area contributed by atoms with Gasteiger partial charge in [0.25, 0.3) is 5.91 Å². The van der Waals surface area contributed by atoms with Gasteiger partial charge in [0.15, 0.2) is 5.69 Å². The number of aliphatic imine (C=N–C) groups is 1. The Morgan fingerprint density at radius 3 is 2.96 bits per heavy atom. The van der Waals surface area contributed by atoms with Crippen LogP contribution in [0.2, 0.25) is 0 Å². The van der Waals surface area contributed by atoms with Crippen LogP contribution >= 0.6 is 0 Å². The summed E-state index contributed by atoms with van der Waals surface area (Å²) in [6.07, 6.45) is 3.49. The fourth-order valence-corrected chi connectivity index (χ4v) is 2.79. The molecule has 3 rings (SSSR count). The van der Waals surface area contributed by atoms with Crippen molar-refractivity contribution in [3.63, 3.8) is 0 Å². The third-order valence-corrected chi connectivity index (χ3v) is 4.15. The largest absolute Gasteiger partial charge is 0.372 e. The minimum Gasteiger partial charge on any atom is -0.372 e. The first-order chi connectivity index (χ1) is 11.1. The number of carbonyl (C=O) groups is 1. The van der Waals surface area contributed by atoms with Crippen LogP contribution < -0.4 is 5.32 Å². The van der Waals surface area contributed by atoms with E-state index in [1.165, 1.54) is 0 Å². The van der Waals surface area contributed by atoms with Crippen molar-refractivity contribution in [3.8, 4) is 0 Å². The first-order valence-corrected chi connectivity index (χ1v) is 7.71. The maximum Gasteiger partial charge on any atom is 0.274 e. The molecule has 0 saturated heterocycles. The highest BCUT2D eigenvalue weighted by atomic mass is 16.2. The molecule has 0 radical (unpaired) electrons. The number of aromatic nitrogens is 2. The van der Waals surface area contributed by atoms with Gasteiger partial charge in [0, 0.05) is 25.0 Å². The zero-order chi connectivity index (χ0) is 16.4. The van der Waals surface area contributed by atoms with Crippen LogP contribution in [-0.4, -0.2) is 52.6 Å². The molecule has 2 heterocycles. The number of rotatable bonds is 5. The smallest absolute Gasteiger partial charge is 0.274 e. The van der Waals surface area contributed by atoms with Gasteiger partial charge in [-0.25, -0.2) is 0 Å². The van der Waals surface area contributed by atoms with Gasteiger partial charge in [-0.2, -0.15) is 5.10 Å². The summed E-state index contributed by atoms with van der Waals surface area (Å²) in [6.45, 7) is 6.95. The molecule has 2 unspecified atom stereocenters. The van der Waals surface area contributed by atoms with E-state index in [0.29, 0.717) is 18.8 Å². The molecule has 23 heavy (non-hydrogen) atoms. The van der Waals surface area contributed by atoms with Crippen LogP contribution in [0.3, 0.4) is 0 Å². The van der Waals surface area contributed by atoms with Crippen LogP contribution in [0.4, 0.5) is 0 Å². The molecule has 0 spiro atoms. The van der Waals surface area contributed by atoms with Crippen molar-refractivity contribution in [2.24, 2.45) is 4.99 Å². The lowest BCUT2D eigenvalue weighted by Crippen LogP contribution is -2.40. The molecule has 0 saturated carbocycles. The van der Waals surface area contributed by atoms with Crippen LogP contribution in [0.5, 0.6) is 0 Å². The number of amides is 1. The van der Waals surface area contributed by atoms with E-state index in [-0.39, 0.29) is 18.0 Å². The number of hydrogen-bond donors (Lipinski definition) is 1. The Balaban J connectivity index is 1.88. The van der Waals surface area contributed by atoms with Crippen LogP contribution in [0.15, 0.2) is 41.9 Å². The minimum atomic E-state index is -0.0849. The number of para-hydroxylation sites is 1. The van der Waals surface area contributed by atoms with Crippen LogP contribution in [0, 0.1) is 0 Å². The quantitative estimate of drug-likeness (QED) is 0.855. The topological polar surface area (TPSA) is 62.5 Å². The molecule has 1 amide bonds. The van der Waals surface area contributed by atoms with Gasteiger partial charge in [-0.3, -0.25) is 14.5 Å². The molecule has 1 aromatic heterocycles. The Kier molecular flexibility index (Phi) is 4.14. The first kappa shape index (κ1) is 15.3. The Bertz CT molecular complexity index is 763. The van der Waals surface area contributed by atoms with E-state index in [2.05, 4.69) is 28.9 Å². The number of likely N-dealkylation sites (N-methyl/N-ethyl adjacent to an activating group) is 1. The summed E-state index contributed by atoms with van der Waals surface area (Å²) in [6, 6.07) is 8.08. The van der Waals surface area contributed by atoms with Crippen molar-refractivity contribution in [1.82, 2.24) is 20.0 Å². The maximum atomic E-state index is 12.8. The van der Waals surface area contributed by atoms with Gasteiger partial charge in [-0.1, -0.05) is 24.3 Å². The Morgan fingerprint density at radius 2 is 2.26 bits per heavy atom. The molecule has 1 aliphatic rings. The molecule has 0 fully saturated rings. The average molecular weight is 311 g/mol. The Hall–Kier alpha value is -2.63. The summed E-state index contributed by atoms with van der Waals surface area (Å²) in [5.41, 5.74) is 1.42. The highest BCUT2D eigenvalue weighted by Crippen LogP contribution is 2.20. The second-order valence-corrected chi connectivity index (χ2v) is 5.82. The molecule has 1 aromatic carbocycles. The number of allylic oxidation sites excluding steroid dienone is 1. The fourth-order valence-electron chi connectivity index (χ4n) is 2.79. The van der Waals surface area contributed by atoms with Gasteiger partial charge in [0.2, 0.25) is 0 Å². The lowest BCUT2D eigenvalue weighted by Gasteiger charge is -2.21. The zero-order valence-electron chi connectivity index (χ0n) is 13.4. The third kappa shape index (κ3) is 2.84. The van der Waals surface area contributed by atoms with E-state index in [0.717, 1.165) is 10.9 Å². The number of nitrogens with zero attached hydrogens (tertiary/aromatic N) is 4. The van der Waals surface area contributed by atoms with Crippen molar-refractivity contribution >= 4 is 23.1 Å². The summed E-state index contributed by atoms with van der Waals surface area (Å²) in [5.74, 6) is -0.0849. The molecule has 6 heteroatoms. The molecule has 0 aliphatic carbocycles. The van der Waals surface area contributed by atoms with E-state index in [1.807, 2.05) is 24.3 Å². The standard InChI is InChI=1S/C17H21N5O/c1-4-9-22-15-8-6-5-7-13(15)16(20-22)17(23)21(3)10-14-12(2)18-11-19-14/h4-8,11-12,14H,1,9-10H2,2-3H3,(H,18,19). The van der Waals surface area contributed by atoms with E-state index >= 15 is 0 Å². The Morgan fingerprint density at radius 1 is 1.48 bits per heavy atom. The highest BCUT2D eigenvalue weighted by molar-refractivity contribution is 6.04. The monoisotopic (exact) mass is 311 g/mol. The lowest BCUT2D eigenvalue weighted by molar-refractivity contribution is 0.0780. The van der Waals surface area contributed by atoms with Crippen LogP contribution in [0.25, 0.3) is 10.9 Å². The molecule has 2 atom stereocenters. The van der Waals surface area contributed by atoms with E-state index < -0.39 is 0 Å². The summed E-state index contributed by atoms with van der Waals surface area (Å²) < 4.78 is 1.81. The molecular weight excluding hydrogens is 290 g/mol. The highest BCUT2D eigenvalue weighted by Gasteiger charge is 2.26. The molecule has 2 aromatic rings. The van der Waals surface area contributed by atoms with Gasteiger partial charge in [0.05, 0.1) is 24.4 Å². The SMILES string of the molecule is C=CCn1nc(C(=O)N(C)CC2N=CNC2C)c2ccccc21. The minimum absolute atomic E-state index is 0.0745. The van der Waals surface area contributed by atoms with Gasteiger partial charge >= 0.3 is 0 Å². The Labute approximate surface area is 135 Å². The second-order valence-electron chi connectivity index (χ2n) is 5.82. The molecular formula is C17H21N5O. The van der Waals surface area contributed by atoms with Gasteiger partial charge in [-0.15, -0.1) is 6.58 Å². The van der Waals surface area contributed by atoms with Crippen LogP contribution in [-0.2, 0) is 6.54 Å². The van der Waals surface area contributed by atoms with Crippen molar-refractivity contribution in [1.29, 1.82) is 0 Å². The average Bonchev–Trinajstić information content (AvgIpc) is 3.12. The summed E-state index contributed by atoms with van der Waals surface area (Å²) >= 11 is 0. The zero-order valence-corrected chi connectivity index (χ0v) is 13.4. The molecule has 120 valence electrons. The third-order valence-electron chi connectivity index (χ3n) is 4.15. The van der Waals surface area contributed by atoms with E-state index in [9.17, 15) is 4.79 Å². The fraction of sp³-hybridized carbons (Fsp3) is 0.353. The van der Waals surface area contributed by atoms with Crippen molar-refractivity contribution in [3.05, 3.63) is 42.6 Å². The van der Waals surface area contributed by atoms with Gasteiger partial charge in [-0.05, 0) is 13.0 Å². The van der Waals surface area contributed by atoms with Crippen molar-refractivity contribution < 1.29 is 4.79 Å². The molecule has 1 N–H and O–H groups in total. The van der Waals surface area contributed by atoms with E-state index in [4.69, 9.17) is 0 Å². The molecule has 1 aliphatic heterocycles. The second kappa shape index (κ2) is 6.24. The predicted octanol–water partition coefficient (Wildman–Crippen LogP) is 1.68. The summed E-state index contributed by atoms with van der Waals surface area (Å²) in [5, 5.41) is 8.51. The number of fused-ring (bicyclic) bond motifs is 1. The van der Waals surface area contributed by atoms with Gasteiger partial charge in [0.1, 0.15) is 0 Å². The molecule has 6 nitrogen and oxygen atoms in total. The number of carbonyl (C=O) groups excluding carboxylic acids is 1. The van der Waals surface area contributed by atoms with Crippen molar-refractivity contribution in [2.45, 2.75) is 25.6 Å². The number of nitrogens with one attached hydrogen (secondary N) is 1. The normalized spacial score (nSPS) is 19.7. The van der Waals surface area contributed by atoms with Crippen molar-refractivity contribution in [2.75, 3.05) is 13.6 Å². The van der Waals surface area contributed by atoms with Gasteiger partial charge < -0.3 is 10.2 Å². The number of hydrogen-bond acceptors (Lipinski definition) is 4. The molecule has 0 bridgehead atoms. The first-order valence-electron chi connectivity index (χ1n) is 7.71. The lowest BCUT2D eigenvalue weighted by atomic mass is 10.1. The summed E-state index contributed by atoms with van der Waals surface area (Å²) in [4.78, 5) is 18.9. The van der Waals surface area contributed by atoms with Crippen LogP contribution in [0.1, 0.15) is 17.4 Å². The van der Waals surface area contributed by atoms with E-state index in [1.54, 1.807) is 29.0 Å². The number of benzene rings is 1. The maximum absolute atomic E-state index is 12.8. The summed E-state index contributed by atoms with van der Waals surface area (Å²) in [7, 11) is 1.80. The predicted molar refractivity (Wildman–Crippen MR) is 91.8 cm³/mol.